The summed E-state index contributed by atoms with van der Waals surface area (Å²) < 4.78 is 45.9. The highest BCUT2D eigenvalue weighted by Gasteiger charge is 2.39. The maximum atomic E-state index is 12.5. The molecule has 0 unspecified atom stereocenters. The molecule has 6 nitrogen and oxygen atoms in total. The van der Waals surface area contributed by atoms with Crippen LogP contribution in [0.15, 0.2) is 28.7 Å². The van der Waals surface area contributed by atoms with Gasteiger partial charge in [-0.15, -0.1) is 0 Å². The van der Waals surface area contributed by atoms with Crippen LogP contribution in [0.5, 0.6) is 0 Å². The van der Waals surface area contributed by atoms with Crippen molar-refractivity contribution < 1.29 is 31.9 Å². The van der Waals surface area contributed by atoms with Crippen molar-refractivity contribution in [2.24, 2.45) is 0 Å². The molecule has 0 spiro atoms. The SMILES string of the molecule is O=C(N[C@@H]1C[C@H]2CC[C@@H]1N2)c1ccc2cc(C(=O)OCC(F)(F)F)oc2c1. The first-order valence-corrected chi connectivity index (χ1v) is 8.63. The molecule has 0 aliphatic carbocycles. The second-order valence-electron chi connectivity index (χ2n) is 6.92. The highest BCUT2D eigenvalue weighted by molar-refractivity contribution is 5.99. The van der Waals surface area contributed by atoms with Gasteiger partial charge in [0.05, 0.1) is 0 Å². The Kier molecular flexibility index (Phi) is 4.33. The Balaban J connectivity index is 1.45. The third-order valence-electron chi connectivity index (χ3n) is 4.97. The third-order valence-corrected chi connectivity index (χ3v) is 4.97. The summed E-state index contributed by atoms with van der Waals surface area (Å²) in [6.07, 6.45) is -1.55. The molecule has 1 amide bonds. The van der Waals surface area contributed by atoms with Gasteiger partial charge in [-0.05, 0) is 37.5 Å². The molecule has 4 rings (SSSR count). The lowest BCUT2D eigenvalue weighted by molar-refractivity contribution is -0.161. The van der Waals surface area contributed by atoms with E-state index >= 15 is 0 Å². The fourth-order valence-corrected chi connectivity index (χ4v) is 3.73. The minimum atomic E-state index is -4.61. The van der Waals surface area contributed by atoms with Gasteiger partial charge >= 0.3 is 12.1 Å². The van der Waals surface area contributed by atoms with E-state index in [1.165, 1.54) is 12.1 Å². The molecule has 9 heteroatoms. The number of rotatable bonds is 4. The molecule has 144 valence electrons. The maximum Gasteiger partial charge on any atom is 0.422 e. The molecular formula is C18H17F3N2O4. The number of alkyl halides is 3. The molecule has 2 aliphatic rings. The number of carbonyl (C=O) groups is 2. The van der Waals surface area contributed by atoms with Crippen molar-refractivity contribution in [3.63, 3.8) is 0 Å². The first-order chi connectivity index (χ1) is 12.8. The maximum absolute atomic E-state index is 12.5. The molecule has 2 N–H and O–H groups in total. The Hall–Kier alpha value is -2.55. The van der Waals surface area contributed by atoms with E-state index in [0.717, 1.165) is 19.3 Å². The van der Waals surface area contributed by atoms with Crippen LogP contribution >= 0.6 is 0 Å². The summed E-state index contributed by atoms with van der Waals surface area (Å²) in [5, 5.41) is 6.93. The molecule has 2 aliphatic heterocycles. The predicted molar refractivity (Wildman–Crippen MR) is 88.4 cm³/mol. The quantitative estimate of drug-likeness (QED) is 0.795. The summed E-state index contributed by atoms with van der Waals surface area (Å²) in [7, 11) is 0. The Morgan fingerprint density at radius 2 is 2.07 bits per heavy atom. The number of fused-ring (bicyclic) bond motifs is 3. The molecule has 3 atom stereocenters. The Bertz CT molecular complexity index is 892. The molecule has 3 heterocycles. The van der Waals surface area contributed by atoms with Gasteiger partial charge < -0.3 is 19.8 Å². The highest BCUT2D eigenvalue weighted by atomic mass is 19.4. The van der Waals surface area contributed by atoms with E-state index in [1.54, 1.807) is 12.1 Å². The number of amides is 1. The van der Waals surface area contributed by atoms with Crippen molar-refractivity contribution in [1.29, 1.82) is 0 Å². The van der Waals surface area contributed by atoms with Crippen LogP contribution in [0.25, 0.3) is 11.0 Å². The molecule has 2 aromatic rings. The number of benzene rings is 1. The first-order valence-electron chi connectivity index (χ1n) is 8.63. The zero-order chi connectivity index (χ0) is 19.2. The van der Waals surface area contributed by atoms with E-state index < -0.39 is 18.8 Å². The zero-order valence-corrected chi connectivity index (χ0v) is 14.1. The van der Waals surface area contributed by atoms with Gasteiger partial charge in [-0.3, -0.25) is 4.79 Å². The third kappa shape index (κ3) is 3.78. The van der Waals surface area contributed by atoms with Crippen LogP contribution in [-0.2, 0) is 4.74 Å². The molecule has 1 aromatic heterocycles. The topological polar surface area (TPSA) is 80.6 Å². The van der Waals surface area contributed by atoms with Crippen molar-refractivity contribution in [3.8, 4) is 0 Å². The lowest BCUT2D eigenvalue weighted by Crippen LogP contribution is -2.42. The van der Waals surface area contributed by atoms with Crippen LogP contribution in [0.2, 0.25) is 0 Å². The Labute approximate surface area is 152 Å². The molecule has 2 fully saturated rings. The fraction of sp³-hybridized carbons (Fsp3) is 0.444. The van der Waals surface area contributed by atoms with Crippen LogP contribution in [0.3, 0.4) is 0 Å². The van der Waals surface area contributed by atoms with Gasteiger partial charge in [0, 0.05) is 29.1 Å². The van der Waals surface area contributed by atoms with Crippen molar-refractivity contribution >= 4 is 22.8 Å². The molecule has 0 saturated carbocycles. The summed E-state index contributed by atoms with van der Waals surface area (Å²) in [5.41, 5.74) is 0.586. The molecule has 2 bridgehead atoms. The van der Waals surface area contributed by atoms with Gasteiger partial charge in [0.2, 0.25) is 5.76 Å². The summed E-state index contributed by atoms with van der Waals surface area (Å²) in [6, 6.07) is 6.74. The van der Waals surface area contributed by atoms with Crippen LogP contribution in [0.4, 0.5) is 13.2 Å². The van der Waals surface area contributed by atoms with Crippen LogP contribution in [0.1, 0.15) is 40.2 Å². The summed E-state index contributed by atoms with van der Waals surface area (Å²) >= 11 is 0. The van der Waals surface area contributed by atoms with E-state index in [-0.39, 0.29) is 23.3 Å². The van der Waals surface area contributed by atoms with Gasteiger partial charge in [-0.25, -0.2) is 4.79 Å². The second kappa shape index (κ2) is 6.56. The van der Waals surface area contributed by atoms with Crippen molar-refractivity contribution in [1.82, 2.24) is 10.6 Å². The minimum Gasteiger partial charge on any atom is -0.450 e. The minimum absolute atomic E-state index is 0.0801. The average Bonchev–Trinajstić information content (AvgIpc) is 3.32. The van der Waals surface area contributed by atoms with E-state index in [0.29, 0.717) is 23.0 Å². The fourth-order valence-electron chi connectivity index (χ4n) is 3.73. The van der Waals surface area contributed by atoms with E-state index in [9.17, 15) is 22.8 Å². The van der Waals surface area contributed by atoms with Gasteiger partial charge in [0.25, 0.3) is 5.91 Å². The van der Waals surface area contributed by atoms with Crippen LogP contribution in [-0.4, -0.2) is 42.8 Å². The monoisotopic (exact) mass is 382 g/mol. The molecule has 2 saturated heterocycles. The van der Waals surface area contributed by atoms with E-state index in [2.05, 4.69) is 15.4 Å². The summed E-state index contributed by atoms with van der Waals surface area (Å²) in [5.74, 6) is -1.81. The summed E-state index contributed by atoms with van der Waals surface area (Å²) in [4.78, 5) is 24.2. The molecular weight excluding hydrogens is 365 g/mol. The smallest absolute Gasteiger partial charge is 0.422 e. The Morgan fingerprint density at radius 3 is 2.74 bits per heavy atom. The van der Waals surface area contributed by atoms with E-state index in [4.69, 9.17) is 4.42 Å². The molecule has 1 aromatic carbocycles. The van der Waals surface area contributed by atoms with Crippen LogP contribution in [0, 0.1) is 0 Å². The van der Waals surface area contributed by atoms with Gasteiger partial charge in [-0.1, -0.05) is 6.07 Å². The molecule has 0 radical (unpaired) electrons. The second-order valence-corrected chi connectivity index (χ2v) is 6.92. The number of hydrogen-bond acceptors (Lipinski definition) is 5. The lowest BCUT2D eigenvalue weighted by atomic mass is 9.95. The van der Waals surface area contributed by atoms with Crippen LogP contribution < -0.4 is 10.6 Å². The number of nitrogens with one attached hydrogen (secondary N) is 2. The largest absolute Gasteiger partial charge is 0.450 e. The van der Waals surface area contributed by atoms with Crippen molar-refractivity contribution in [2.45, 2.75) is 43.6 Å². The van der Waals surface area contributed by atoms with E-state index in [1.807, 2.05) is 0 Å². The average molecular weight is 382 g/mol. The van der Waals surface area contributed by atoms with Gasteiger partial charge in [-0.2, -0.15) is 13.2 Å². The van der Waals surface area contributed by atoms with Crippen molar-refractivity contribution in [2.75, 3.05) is 6.61 Å². The Morgan fingerprint density at radius 1 is 1.26 bits per heavy atom. The number of ether oxygens (including phenoxy) is 1. The predicted octanol–water partition coefficient (Wildman–Crippen LogP) is 2.77. The zero-order valence-electron chi connectivity index (χ0n) is 14.1. The van der Waals surface area contributed by atoms with Crippen molar-refractivity contribution in [3.05, 3.63) is 35.6 Å². The number of halogens is 3. The first kappa shape index (κ1) is 17.8. The molecule has 27 heavy (non-hydrogen) atoms. The highest BCUT2D eigenvalue weighted by Crippen LogP contribution is 2.29. The van der Waals surface area contributed by atoms with Gasteiger partial charge in [0.1, 0.15) is 5.58 Å². The number of furan rings is 1. The number of hydrogen-bond donors (Lipinski definition) is 2. The van der Waals surface area contributed by atoms with Gasteiger partial charge in [0.15, 0.2) is 6.61 Å². The number of esters is 1. The summed E-state index contributed by atoms with van der Waals surface area (Å²) in [6.45, 7) is -1.69. The lowest BCUT2D eigenvalue weighted by Gasteiger charge is -2.21. The normalized spacial score (nSPS) is 24.3. The standard InChI is InChI=1S/C18H17F3N2O4/c19-18(20,21)8-26-17(25)15-5-9-1-2-10(6-14(9)27-15)16(24)23-13-7-11-3-4-12(13)22-11/h1-2,5-6,11-13,22H,3-4,7-8H2,(H,23,24)/t11-,12+,13-/m1/s1. The number of carbonyl (C=O) groups excluding carboxylic acids is 2.